The summed E-state index contributed by atoms with van der Waals surface area (Å²) >= 11 is 0. The van der Waals surface area contributed by atoms with Crippen LogP contribution in [0.25, 0.3) is 6.08 Å². The molecule has 2 nitrogen and oxygen atoms in total. The molecule has 0 unspecified atom stereocenters. The molecule has 0 aliphatic carbocycles. The van der Waals surface area contributed by atoms with E-state index in [0.29, 0.717) is 5.75 Å². The highest BCUT2D eigenvalue weighted by molar-refractivity contribution is 5.51. The first-order valence-electron chi connectivity index (χ1n) is 6.69. The van der Waals surface area contributed by atoms with Crippen LogP contribution in [-0.2, 0) is 0 Å². The Morgan fingerprint density at radius 2 is 2.05 bits per heavy atom. The monoisotopic (exact) mass is 265 g/mol. The van der Waals surface area contributed by atoms with Crippen molar-refractivity contribution in [2.45, 2.75) is 52.2 Å². The van der Waals surface area contributed by atoms with Crippen LogP contribution < -0.4 is 10.5 Å². The van der Waals surface area contributed by atoms with Crippen molar-refractivity contribution in [3.05, 3.63) is 35.7 Å². The third-order valence-electron chi connectivity index (χ3n) is 2.58. The Balaban J connectivity index is 2.61. The van der Waals surface area contributed by atoms with E-state index in [1.54, 1.807) is 6.07 Å². The van der Waals surface area contributed by atoms with Gasteiger partial charge in [0, 0.05) is 5.54 Å². The molecular formula is C16H24FNO. The molecule has 0 amide bonds. The molecule has 0 aliphatic rings. The van der Waals surface area contributed by atoms with E-state index in [2.05, 4.69) is 0 Å². The van der Waals surface area contributed by atoms with Crippen molar-refractivity contribution in [3.8, 4) is 5.75 Å². The molecule has 1 rings (SSSR count). The molecular weight excluding hydrogens is 241 g/mol. The fourth-order valence-electron chi connectivity index (χ4n) is 1.65. The summed E-state index contributed by atoms with van der Waals surface area (Å²) in [5, 5.41) is 0. The summed E-state index contributed by atoms with van der Waals surface area (Å²) in [6.07, 6.45) is 5.69. The van der Waals surface area contributed by atoms with E-state index in [1.807, 2.05) is 45.9 Å². The third kappa shape index (κ3) is 6.39. The summed E-state index contributed by atoms with van der Waals surface area (Å²) in [4.78, 5) is 0. The number of allylic oxidation sites excluding steroid dienone is 1. The Labute approximate surface area is 115 Å². The quantitative estimate of drug-likeness (QED) is 0.838. The van der Waals surface area contributed by atoms with Gasteiger partial charge in [-0.2, -0.15) is 0 Å². The molecule has 0 spiro atoms. The van der Waals surface area contributed by atoms with Crippen molar-refractivity contribution >= 4 is 6.08 Å². The lowest BCUT2D eigenvalue weighted by Gasteiger charge is -2.16. The van der Waals surface area contributed by atoms with Crippen LogP contribution in [0.5, 0.6) is 5.75 Å². The van der Waals surface area contributed by atoms with E-state index in [-0.39, 0.29) is 17.5 Å². The highest BCUT2D eigenvalue weighted by atomic mass is 19.1. The minimum absolute atomic E-state index is 0.0253. The fraction of sp³-hybridized carbons (Fsp3) is 0.500. The van der Waals surface area contributed by atoms with Gasteiger partial charge in [-0.25, -0.2) is 4.39 Å². The van der Waals surface area contributed by atoms with E-state index >= 15 is 0 Å². The van der Waals surface area contributed by atoms with Crippen molar-refractivity contribution in [2.75, 3.05) is 0 Å². The molecule has 0 radical (unpaired) electrons. The first kappa shape index (κ1) is 15.7. The van der Waals surface area contributed by atoms with Crippen LogP contribution in [0.2, 0.25) is 0 Å². The minimum Gasteiger partial charge on any atom is -0.488 e. The summed E-state index contributed by atoms with van der Waals surface area (Å²) in [6, 6.07) is 5.01. The topological polar surface area (TPSA) is 35.2 Å². The number of hydrogen-bond acceptors (Lipinski definition) is 2. The molecule has 0 heterocycles. The summed E-state index contributed by atoms with van der Waals surface area (Å²) in [6.45, 7) is 7.75. The first-order chi connectivity index (χ1) is 8.78. The summed E-state index contributed by atoms with van der Waals surface area (Å²) < 4.78 is 19.1. The molecule has 0 saturated carbocycles. The van der Waals surface area contributed by atoms with Crippen LogP contribution in [0, 0.1) is 5.82 Å². The van der Waals surface area contributed by atoms with Crippen molar-refractivity contribution in [3.63, 3.8) is 0 Å². The van der Waals surface area contributed by atoms with Crippen LogP contribution in [0.1, 0.15) is 46.1 Å². The average molecular weight is 265 g/mol. The lowest BCUT2D eigenvalue weighted by molar-refractivity contribution is 0.231. The average Bonchev–Trinajstić information content (AvgIpc) is 2.26. The molecule has 0 bridgehead atoms. The SMILES string of the molecule is CC(C)Oc1ccc(/C=C/CCC(C)(C)N)cc1F. The molecule has 0 saturated heterocycles. The molecule has 3 heteroatoms. The lowest BCUT2D eigenvalue weighted by Crippen LogP contribution is -2.31. The molecule has 1 aromatic carbocycles. The van der Waals surface area contributed by atoms with Crippen LogP contribution in [0.3, 0.4) is 0 Å². The van der Waals surface area contributed by atoms with Gasteiger partial charge in [0.05, 0.1) is 6.10 Å². The Kier molecular flexibility index (Phi) is 5.55. The first-order valence-corrected chi connectivity index (χ1v) is 6.69. The van der Waals surface area contributed by atoms with Gasteiger partial charge in [0.2, 0.25) is 0 Å². The summed E-state index contributed by atoms with van der Waals surface area (Å²) in [7, 11) is 0. The van der Waals surface area contributed by atoms with Gasteiger partial charge >= 0.3 is 0 Å². The van der Waals surface area contributed by atoms with Crippen molar-refractivity contribution in [1.29, 1.82) is 0 Å². The number of nitrogens with two attached hydrogens (primary N) is 1. The van der Waals surface area contributed by atoms with Gasteiger partial charge in [-0.3, -0.25) is 0 Å². The smallest absolute Gasteiger partial charge is 0.165 e. The Bertz CT molecular complexity index is 433. The highest BCUT2D eigenvalue weighted by Crippen LogP contribution is 2.20. The highest BCUT2D eigenvalue weighted by Gasteiger charge is 2.08. The zero-order valence-corrected chi connectivity index (χ0v) is 12.2. The van der Waals surface area contributed by atoms with E-state index in [0.717, 1.165) is 18.4 Å². The summed E-state index contributed by atoms with van der Waals surface area (Å²) in [5.41, 5.74) is 6.57. The Morgan fingerprint density at radius 1 is 1.37 bits per heavy atom. The molecule has 2 N–H and O–H groups in total. The van der Waals surface area contributed by atoms with Gasteiger partial charge in [0.25, 0.3) is 0 Å². The van der Waals surface area contributed by atoms with Crippen LogP contribution in [0.15, 0.2) is 24.3 Å². The summed E-state index contributed by atoms with van der Waals surface area (Å²) in [5.74, 6) is -0.0229. The van der Waals surface area contributed by atoms with Crippen molar-refractivity contribution < 1.29 is 9.13 Å². The normalized spacial score (nSPS) is 12.4. The van der Waals surface area contributed by atoms with E-state index < -0.39 is 0 Å². The molecule has 1 aromatic rings. The second-order valence-corrected chi connectivity index (χ2v) is 5.79. The van der Waals surface area contributed by atoms with Gasteiger partial charge in [-0.1, -0.05) is 18.2 Å². The molecule has 0 aromatic heterocycles. The van der Waals surface area contributed by atoms with Gasteiger partial charge in [0.15, 0.2) is 11.6 Å². The van der Waals surface area contributed by atoms with Crippen LogP contribution in [-0.4, -0.2) is 11.6 Å². The molecule has 0 atom stereocenters. The van der Waals surface area contributed by atoms with E-state index in [4.69, 9.17) is 10.5 Å². The van der Waals surface area contributed by atoms with Crippen molar-refractivity contribution in [1.82, 2.24) is 0 Å². The van der Waals surface area contributed by atoms with E-state index in [1.165, 1.54) is 6.07 Å². The van der Waals surface area contributed by atoms with Gasteiger partial charge in [0.1, 0.15) is 0 Å². The van der Waals surface area contributed by atoms with Gasteiger partial charge in [-0.05, 0) is 58.2 Å². The van der Waals surface area contributed by atoms with Crippen molar-refractivity contribution in [2.24, 2.45) is 5.73 Å². The predicted octanol–water partition coefficient (Wildman–Crippen LogP) is 4.14. The molecule has 0 aliphatic heterocycles. The maximum absolute atomic E-state index is 13.7. The minimum atomic E-state index is -0.324. The largest absolute Gasteiger partial charge is 0.488 e. The van der Waals surface area contributed by atoms with Gasteiger partial charge < -0.3 is 10.5 Å². The molecule has 19 heavy (non-hydrogen) atoms. The third-order valence-corrected chi connectivity index (χ3v) is 2.58. The number of rotatable bonds is 6. The van der Waals surface area contributed by atoms with Gasteiger partial charge in [-0.15, -0.1) is 0 Å². The number of ether oxygens (including phenoxy) is 1. The fourth-order valence-corrected chi connectivity index (χ4v) is 1.65. The maximum atomic E-state index is 13.7. The Hall–Kier alpha value is -1.35. The van der Waals surface area contributed by atoms with E-state index in [9.17, 15) is 4.39 Å². The van der Waals surface area contributed by atoms with Crippen LogP contribution in [0.4, 0.5) is 4.39 Å². The molecule has 0 fully saturated rings. The Morgan fingerprint density at radius 3 is 2.58 bits per heavy atom. The number of hydrogen-bond donors (Lipinski definition) is 1. The lowest BCUT2D eigenvalue weighted by atomic mass is 10.00. The molecule has 106 valence electrons. The standard InChI is InChI=1S/C16H24FNO/c1-12(2)19-15-9-8-13(11-14(15)17)7-5-6-10-16(3,4)18/h5,7-9,11-12H,6,10,18H2,1-4H3/b7-5+. The number of benzene rings is 1. The number of halogens is 1. The maximum Gasteiger partial charge on any atom is 0.165 e. The zero-order chi connectivity index (χ0) is 14.5. The second kappa shape index (κ2) is 6.71. The van der Waals surface area contributed by atoms with Crippen LogP contribution >= 0.6 is 0 Å². The second-order valence-electron chi connectivity index (χ2n) is 5.79. The predicted molar refractivity (Wildman–Crippen MR) is 78.7 cm³/mol. The zero-order valence-electron chi connectivity index (χ0n) is 12.2.